The molecule has 0 aliphatic heterocycles. The lowest BCUT2D eigenvalue weighted by Gasteiger charge is -2.01. The Bertz CT molecular complexity index is 314. The van der Waals surface area contributed by atoms with Crippen LogP contribution in [0.3, 0.4) is 0 Å². The Labute approximate surface area is 89.5 Å². The van der Waals surface area contributed by atoms with Crippen molar-refractivity contribution < 1.29 is 4.84 Å². The molecule has 0 spiro atoms. The molecule has 1 aromatic heterocycles. The Hall–Kier alpha value is -1.62. The molecule has 82 valence electrons. The molecule has 0 saturated heterocycles. The molecule has 0 fully saturated rings. The molecule has 0 saturated carbocycles. The molecule has 5 nitrogen and oxygen atoms in total. The third kappa shape index (κ3) is 4.42. The fourth-order valence-corrected chi connectivity index (χ4v) is 0.976. The minimum Gasteiger partial charge on any atom is -0.416 e. The number of hydroxylamine groups is 1. The lowest BCUT2D eigenvalue weighted by atomic mass is 10.4. The highest BCUT2D eigenvalue weighted by atomic mass is 16.6. The predicted molar refractivity (Wildman–Crippen MR) is 60.0 cm³/mol. The highest BCUT2D eigenvalue weighted by Crippen LogP contribution is 2.04. The van der Waals surface area contributed by atoms with E-state index in [4.69, 9.17) is 4.84 Å². The maximum Gasteiger partial charge on any atom is 0.129 e. The minimum absolute atomic E-state index is 0.761. The van der Waals surface area contributed by atoms with E-state index < -0.39 is 0 Å². The lowest BCUT2D eigenvalue weighted by Crippen LogP contribution is -2.08. The van der Waals surface area contributed by atoms with Gasteiger partial charge in [0.2, 0.25) is 0 Å². The van der Waals surface area contributed by atoms with Crippen LogP contribution in [0.2, 0.25) is 0 Å². The van der Waals surface area contributed by atoms with E-state index in [1.165, 1.54) is 6.33 Å². The summed E-state index contributed by atoms with van der Waals surface area (Å²) in [5, 5.41) is 3.11. The van der Waals surface area contributed by atoms with Crippen molar-refractivity contribution in [2.45, 2.75) is 13.8 Å². The van der Waals surface area contributed by atoms with Crippen molar-refractivity contribution in [1.29, 1.82) is 0 Å². The first-order valence-corrected chi connectivity index (χ1v) is 4.97. The predicted octanol–water partition coefficient (Wildman–Crippen LogP) is 1.42. The molecule has 0 aliphatic carbocycles. The summed E-state index contributed by atoms with van der Waals surface area (Å²) < 4.78 is 0. The third-order valence-corrected chi connectivity index (χ3v) is 1.58. The van der Waals surface area contributed by atoms with Crippen LogP contribution >= 0.6 is 0 Å². The zero-order valence-corrected chi connectivity index (χ0v) is 9.03. The van der Waals surface area contributed by atoms with Crippen molar-refractivity contribution in [3.63, 3.8) is 0 Å². The Balaban J connectivity index is 2.53. The summed E-state index contributed by atoms with van der Waals surface area (Å²) >= 11 is 0. The molecule has 0 aromatic carbocycles. The fourth-order valence-electron chi connectivity index (χ4n) is 0.976. The molecule has 0 unspecified atom stereocenters. The summed E-state index contributed by atoms with van der Waals surface area (Å²) in [4.78, 5) is 13.1. The van der Waals surface area contributed by atoms with E-state index in [1.807, 2.05) is 19.9 Å². The van der Waals surface area contributed by atoms with Crippen molar-refractivity contribution in [3.05, 3.63) is 24.3 Å². The number of hydrogen-bond acceptors (Lipinski definition) is 5. The third-order valence-electron chi connectivity index (χ3n) is 1.58. The lowest BCUT2D eigenvalue weighted by molar-refractivity contribution is 0.142. The molecule has 0 atom stereocenters. The summed E-state index contributed by atoms with van der Waals surface area (Å²) in [5.41, 5.74) is 3.52. The van der Waals surface area contributed by atoms with E-state index in [0.29, 0.717) is 0 Å². The Morgan fingerprint density at radius 3 is 2.93 bits per heavy atom. The van der Waals surface area contributed by atoms with Crippen molar-refractivity contribution in [2.24, 2.45) is 0 Å². The number of anilines is 1. The summed E-state index contributed by atoms with van der Waals surface area (Å²) in [7, 11) is 0. The van der Waals surface area contributed by atoms with Crippen LogP contribution in [0.1, 0.15) is 19.5 Å². The maximum absolute atomic E-state index is 4.98. The molecular weight excluding hydrogens is 192 g/mol. The quantitative estimate of drug-likeness (QED) is 0.420. The van der Waals surface area contributed by atoms with Gasteiger partial charge < -0.3 is 10.2 Å². The summed E-state index contributed by atoms with van der Waals surface area (Å²) in [6.45, 7) is 5.58. The molecule has 0 aliphatic rings. The number of aromatic nitrogens is 2. The topological polar surface area (TPSA) is 59.1 Å². The molecule has 0 radical (unpaired) electrons. The van der Waals surface area contributed by atoms with Gasteiger partial charge in [-0.2, -0.15) is 5.48 Å². The molecule has 5 heteroatoms. The van der Waals surface area contributed by atoms with Gasteiger partial charge in [-0.1, -0.05) is 0 Å². The van der Waals surface area contributed by atoms with Crippen LogP contribution < -0.4 is 10.8 Å². The Morgan fingerprint density at radius 2 is 2.20 bits per heavy atom. The van der Waals surface area contributed by atoms with E-state index in [9.17, 15) is 0 Å². The molecular formula is C10H16N4O. The van der Waals surface area contributed by atoms with Gasteiger partial charge in [0, 0.05) is 25.2 Å². The fraction of sp³-hybridized carbons (Fsp3) is 0.400. The maximum atomic E-state index is 4.98. The monoisotopic (exact) mass is 208 g/mol. The second kappa shape index (κ2) is 6.78. The summed E-state index contributed by atoms with van der Waals surface area (Å²) in [6.07, 6.45) is 4.84. The van der Waals surface area contributed by atoms with Gasteiger partial charge in [0.1, 0.15) is 18.4 Å². The first kappa shape index (κ1) is 11.5. The Morgan fingerprint density at radius 1 is 1.33 bits per heavy atom. The normalized spacial score (nSPS) is 10.5. The second-order valence-corrected chi connectivity index (χ2v) is 2.78. The van der Waals surface area contributed by atoms with Crippen molar-refractivity contribution in [3.8, 4) is 0 Å². The Kier molecular flexibility index (Phi) is 5.18. The van der Waals surface area contributed by atoms with Gasteiger partial charge >= 0.3 is 0 Å². The number of nitrogens with one attached hydrogen (secondary N) is 2. The zero-order chi connectivity index (χ0) is 10.9. The van der Waals surface area contributed by atoms with Crippen molar-refractivity contribution in [1.82, 2.24) is 15.4 Å². The van der Waals surface area contributed by atoms with Gasteiger partial charge in [-0.15, -0.1) is 0 Å². The van der Waals surface area contributed by atoms with E-state index in [-0.39, 0.29) is 0 Å². The van der Waals surface area contributed by atoms with E-state index in [2.05, 4.69) is 20.8 Å². The molecule has 1 aromatic rings. The van der Waals surface area contributed by atoms with Crippen LogP contribution in [0, 0.1) is 0 Å². The van der Waals surface area contributed by atoms with E-state index in [1.54, 1.807) is 12.3 Å². The number of hydrogen-bond donors (Lipinski definition) is 2. The van der Waals surface area contributed by atoms with Crippen LogP contribution in [0.15, 0.2) is 18.7 Å². The summed E-state index contributed by atoms with van der Waals surface area (Å²) in [6, 6.07) is 1.86. The van der Waals surface area contributed by atoms with Crippen molar-refractivity contribution in [2.75, 3.05) is 18.4 Å². The van der Waals surface area contributed by atoms with Crippen LogP contribution in [-0.4, -0.2) is 23.1 Å². The van der Waals surface area contributed by atoms with Gasteiger partial charge in [-0.25, -0.2) is 9.97 Å². The van der Waals surface area contributed by atoms with Crippen molar-refractivity contribution >= 4 is 11.9 Å². The molecule has 15 heavy (non-hydrogen) atoms. The molecule has 0 amide bonds. The van der Waals surface area contributed by atoms with Crippen LogP contribution in [0.25, 0.3) is 6.08 Å². The first-order chi connectivity index (χ1) is 7.36. The largest absolute Gasteiger partial charge is 0.416 e. The standard InChI is InChI=1S/C10H16N4O/c1-3-11-10-7-9(12-8-13-10)5-6-15-14-4-2/h5-8,14H,3-4H2,1-2H3,(H,11,12,13)/b6-5+. The SMILES string of the molecule is CCNO/C=C/c1cc(NCC)ncn1. The molecule has 1 heterocycles. The molecule has 1 rings (SSSR count). The van der Waals surface area contributed by atoms with E-state index in [0.717, 1.165) is 24.6 Å². The van der Waals surface area contributed by atoms with Gasteiger partial charge in [0.15, 0.2) is 0 Å². The van der Waals surface area contributed by atoms with Crippen LogP contribution in [-0.2, 0) is 4.84 Å². The smallest absolute Gasteiger partial charge is 0.129 e. The van der Waals surface area contributed by atoms with Gasteiger partial charge in [0.25, 0.3) is 0 Å². The molecule has 2 N–H and O–H groups in total. The van der Waals surface area contributed by atoms with E-state index >= 15 is 0 Å². The van der Waals surface area contributed by atoms with Gasteiger partial charge in [-0.3, -0.25) is 0 Å². The first-order valence-electron chi connectivity index (χ1n) is 4.97. The summed E-state index contributed by atoms with van der Waals surface area (Å²) in [5.74, 6) is 0.815. The second-order valence-electron chi connectivity index (χ2n) is 2.78. The zero-order valence-electron chi connectivity index (χ0n) is 9.03. The number of nitrogens with zero attached hydrogens (tertiary/aromatic N) is 2. The van der Waals surface area contributed by atoms with Crippen LogP contribution in [0.4, 0.5) is 5.82 Å². The molecule has 0 bridgehead atoms. The van der Waals surface area contributed by atoms with Crippen LogP contribution in [0.5, 0.6) is 0 Å². The highest BCUT2D eigenvalue weighted by Gasteiger charge is 1.93. The average Bonchev–Trinajstić information content (AvgIpc) is 2.26. The van der Waals surface area contributed by atoms with Gasteiger partial charge in [-0.05, 0) is 13.8 Å². The minimum atomic E-state index is 0.761. The number of rotatable bonds is 6. The average molecular weight is 208 g/mol. The van der Waals surface area contributed by atoms with Gasteiger partial charge in [0.05, 0.1) is 5.69 Å². The highest BCUT2D eigenvalue weighted by molar-refractivity contribution is 5.48.